The molecule has 0 saturated heterocycles. The molecule has 6 nitrogen and oxygen atoms in total. The highest BCUT2D eigenvalue weighted by Crippen LogP contribution is 2.30. The van der Waals surface area contributed by atoms with Crippen LogP contribution in [-0.2, 0) is 18.5 Å². The van der Waals surface area contributed by atoms with Crippen LogP contribution in [0, 0.1) is 11.8 Å². The van der Waals surface area contributed by atoms with Gasteiger partial charge in [0.15, 0.2) is 0 Å². The van der Waals surface area contributed by atoms with Gasteiger partial charge in [-0.15, -0.1) is 0 Å². The van der Waals surface area contributed by atoms with Gasteiger partial charge in [0.1, 0.15) is 18.0 Å². The van der Waals surface area contributed by atoms with Crippen LogP contribution in [0.1, 0.15) is 19.5 Å². The molecule has 0 aliphatic heterocycles. The lowest BCUT2D eigenvalue weighted by Crippen LogP contribution is -2.22. The number of aromatic nitrogens is 4. The number of aryl methyl sites for hydroxylation is 1. The van der Waals surface area contributed by atoms with E-state index in [0.29, 0.717) is 12.4 Å². The monoisotopic (exact) mass is 410 g/mol. The second-order valence-electron chi connectivity index (χ2n) is 9.17. The van der Waals surface area contributed by atoms with Crippen molar-refractivity contribution in [2.45, 2.75) is 51.9 Å². The van der Waals surface area contributed by atoms with Gasteiger partial charge in [-0.1, -0.05) is 25.6 Å². The minimum absolute atomic E-state index is 0.457. The molecule has 154 valence electrons. The lowest BCUT2D eigenvalue weighted by Gasteiger charge is -2.15. The number of hydrogen-bond donors (Lipinski definition) is 1. The summed E-state index contributed by atoms with van der Waals surface area (Å²) in [5.74, 6) is 5.78. The molecule has 0 aliphatic carbocycles. The molecule has 1 N–H and O–H groups in total. The Morgan fingerprint density at radius 3 is 2.66 bits per heavy atom. The molecular weight excluding hydrogens is 380 g/mol. The van der Waals surface area contributed by atoms with Crippen molar-refractivity contribution in [3.8, 4) is 23.0 Å². The van der Waals surface area contributed by atoms with Gasteiger partial charge in [-0.05, 0) is 31.9 Å². The molecule has 3 heterocycles. The molecule has 0 saturated carbocycles. The summed E-state index contributed by atoms with van der Waals surface area (Å²) in [6.07, 6.45) is 7.76. The summed E-state index contributed by atoms with van der Waals surface area (Å²) >= 11 is 0. The zero-order valence-corrected chi connectivity index (χ0v) is 19.2. The lowest BCUT2D eigenvalue weighted by atomic mass is 10.1. The minimum Gasteiger partial charge on any atom is -0.378 e. The van der Waals surface area contributed by atoms with E-state index in [2.05, 4.69) is 47.8 Å². The van der Waals surface area contributed by atoms with Crippen LogP contribution in [0.2, 0.25) is 25.7 Å². The maximum absolute atomic E-state index is 9.84. The van der Waals surface area contributed by atoms with Gasteiger partial charge < -0.3 is 14.4 Å². The van der Waals surface area contributed by atoms with Crippen molar-refractivity contribution in [2.24, 2.45) is 7.05 Å². The number of aliphatic hydroxyl groups is 1. The maximum Gasteiger partial charge on any atom is 0.139 e. The zero-order valence-electron chi connectivity index (χ0n) is 18.2. The molecule has 0 bridgehead atoms. The Hall–Kier alpha value is -2.40. The third-order valence-corrected chi connectivity index (χ3v) is 6.24. The molecule has 0 spiro atoms. The molecule has 0 radical (unpaired) electrons. The van der Waals surface area contributed by atoms with E-state index in [0.717, 1.165) is 34.7 Å². The molecule has 7 heteroatoms. The molecule has 0 amide bonds. The first-order valence-electron chi connectivity index (χ1n) is 9.83. The fourth-order valence-electron chi connectivity index (χ4n) is 2.90. The Bertz CT molecular complexity index is 1060. The second-order valence-corrected chi connectivity index (χ2v) is 14.8. The summed E-state index contributed by atoms with van der Waals surface area (Å²) in [6, 6.07) is 3.11. The first kappa shape index (κ1) is 21.3. The Labute approximate surface area is 173 Å². The molecule has 0 fully saturated rings. The van der Waals surface area contributed by atoms with Crippen LogP contribution in [-0.4, -0.2) is 44.7 Å². The van der Waals surface area contributed by atoms with Crippen LogP contribution in [0.15, 0.2) is 30.9 Å². The van der Waals surface area contributed by atoms with E-state index in [1.807, 2.05) is 41.0 Å². The molecule has 0 atom stereocenters. The summed E-state index contributed by atoms with van der Waals surface area (Å²) in [5.41, 5.74) is 2.70. The van der Waals surface area contributed by atoms with Crippen molar-refractivity contribution in [1.29, 1.82) is 0 Å². The Morgan fingerprint density at radius 2 is 1.97 bits per heavy atom. The molecule has 3 aromatic rings. The Kier molecular flexibility index (Phi) is 5.99. The highest BCUT2D eigenvalue weighted by molar-refractivity contribution is 6.76. The van der Waals surface area contributed by atoms with E-state index in [9.17, 15) is 5.11 Å². The molecule has 0 aromatic carbocycles. The van der Waals surface area contributed by atoms with Crippen LogP contribution < -0.4 is 0 Å². The van der Waals surface area contributed by atoms with Crippen LogP contribution in [0.4, 0.5) is 0 Å². The topological polar surface area (TPSA) is 65.1 Å². The summed E-state index contributed by atoms with van der Waals surface area (Å²) in [7, 11) is 0.915. The number of nitrogens with zero attached hydrogens (tertiary/aromatic N) is 4. The second kappa shape index (κ2) is 8.15. The van der Waals surface area contributed by atoms with E-state index in [4.69, 9.17) is 4.74 Å². The predicted molar refractivity (Wildman–Crippen MR) is 119 cm³/mol. The van der Waals surface area contributed by atoms with Crippen molar-refractivity contribution >= 4 is 19.0 Å². The van der Waals surface area contributed by atoms with Gasteiger partial charge in [-0.2, -0.15) is 5.10 Å². The SMILES string of the molecule is Cn1cc(-c2cnn(COCC[Si](C)(C)C)c2)c2cc(C#CC(C)(C)O)ncc21. The molecular formula is C22H30N4O2Si. The zero-order chi connectivity index (χ0) is 21.2. The van der Waals surface area contributed by atoms with Gasteiger partial charge in [0, 0.05) is 50.6 Å². The smallest absolute Gasteiger partial charge is 0.139 e. The number of ether oxygens (including phenoxy) is 1. The van der Waals surface area contributed by atoms with Crippen molar-refractivity contribution in [3.05, 3.63) is 36.5 Å². The largest absolute Gasteiger partial charge is 0.378 e. The van der Waals surface area contributed by atoms with Crippen molar-refractivity contribution < 1.29 is 9.84 Å². The predicted octanol–water partition coefficient (Wildman–Crippen LogP) is 3.87. The first-order valence-corrected chi connectivity index (χ1v) is 13.5. The van der Waals surface area contributed by atoms with Crippen LogP contribution >= 0.6 is 0 Å². The van der Waals surface area contributed by atoms with Crippen molar-refractivity contribution in [2.75, 3.05) is 6.61 Å². The summed E-state index contributed by atoms with van der Waals surface area (Å²) < 4.78 is 9.67. The summed E-state index contributed by atoms with van der Waals surface area (Å²) in [6.45, 7) is 11.6. The molecule has 29 heavy (non-hydrogen) atoms. The number of rotatable bonds is 6. The van der Waals surface area contributed by atoms with Gasteiger partial charge in [-0.25, -0.2) is 9.67 Å². The normalized spacial score (nSPS) is 12.2. The van der Waals surface area contributed by atoms with Gasteiger partial charge in [0.25, 0.3) is 0 Å². The van der Waals surface area contributed by atoms with E-state index < -0.39 is 13.7 Å². The average molecular weight is 411 g/mol. The number of hydrogen-bond acceptors (Lipinski definition) is 4. The Balaban J connectivity index is 1.82. The van der Waals surface area contributed by atoms with Crippen LogP contribution in [0.5, 0.6) is 0 Å². The van der Waals surface area contributed by atoms with Gasteiger partial charge in [-0.3, -0.25) is 0 Å². The average Bonchev–Trinajstić information content (AvgIpc) is 3.20. The minimum atomic E-state index is -1.08. The quantitative estimate of drug-likeness (QED) is 0.381. The fraction of sp³-hybridized carbons (Fsp3) is 0.455. The van der Waals surface area contributed by atoms with Gasteiger partial charge in [0.05, 0.1) is 17.9 Å². The van der Waals surface area contributed by atoms with Gasteiger partial charge >= 0.3 is 0 Å². The first-order chi connectivity index (χ1) is 13.5. The third-order valence-electron chi connectivity index (χ3n) is 4.54. The van der Waals surface area contributed by atoms with E-state index in [-0.39, 0.29) is 0 Å². The van der Waals surface area contributed by atoms with Crippen LogP contribution in [0.25, 0.3) is 22.0 Å². The number of pyridine rings is 1. The van der Waals surface area contributed by atoms with Crippen molar-refractivity contribution in [1.82, 2.24) is 19.3 Å². The highest BCUT2D eigenvalue weighted by atomic mass is 28.3. The van der Waals surface area contributed by atoms with E-state index in [1.165, 1.54) is 0 Å². The molecule has 3 rings (SSSR count). The standard InChI is InChI=1S/C22H30N4O2Si/c1-22(2,27)8-7-18-11-19-20(15-25(3)21(19)13-23-18)17-12-24-26(14-17)16-28-9-10-29(4,5)6/h11-15,27H,9-10,16H2,1-6H3. The summed E-state index contributed by atoms with van der Waals surface area (Å²) in [5, 5.41) is 15.3. The number of fused-ring (bicyclic) bond motifs is 1. The molecule has 3 aromatic heterocycles. The molecule has 0 aliphatic rings. The van der Waals surface area contributed by atoms with Gasteiger partial charge in [0.2, 0.25) is 0 Å². The summed E-state index contributed by atoms with van der Waals surface area (Å²) in [4.78, 5) is 4.41. The molecule has 0 unspecified atom stereocenters. The van der Waals surface area contributed by atoms with E-state index >= 15 is 0 Å². The van der Waals surface area contributed by atoms with E-state index in [1.54, 1.807) is 13.8 Å². The lowest BCUT2D eigenvalue weighted by molar-refractivity contribution is 0.0786. The third kappa shape index (κ3) is 5.79. The maximum atomic E-state index is 9.84. The Morgan fingerprint density at radius 1 is 1.21 bits per heavy atom. The van der Waals surface area contributed by atoms with Crippen LogP contribution in [0.3, 0.4) is 0 Å². The highest BCUT2D eigenvalue weighted by Gasteiger charge is 2.14. The fourth-order valence-corrected chi connectivity index (χ4v) is 3.66. The van der Waals surface area contributed by atoms with Crippen molar-refractivity contribution in [3.63, 3.8) is 0 Å².